The predicted molar refractivity (Wildman–Crippen MR) is 183 cm³/mol. The lowest BCUT2D eigenvalue weighted by atomic mass is 10.0. The molecule has 48 heavy (non-hydrogen) atoms. The van der Waals surface area contributed by atoms with E-state index in [9.17, 15) is 18.4 Å². The second-order valence-electron chi connectivity index (χ2n) is 11.9. The molecule has 0 saturated carbocycles. The van der Waals surface area contributed by atoms with Crippen LogP contribution in [0.25, 0.3) is 11.1 Å². The fourth-order valence-electron chi connectivity index (χ4n) is 5.57. The Balaban J connectivity index is 1.52. The van der Waals surface area contributed by atoms with E-state index < -0.39 is 29.7 Å². The third-order valence-electron chi connectivity index (χ3n) is 7.84. The van der Waals surface area contributed by atoms with Crippen LogP contribution in [0.4, 0.5) is 8.78 Å². The van der Waals surface area contributed by atoms with E-state index in [1.807, 2.05) is 51.1 Å². The monoisotopic (exact) mass is 658 g/mol. The van der Waals surface area contributed by atoms with Crippen molar-refractivity contribution < 1.29 is 27.8 Å². The first-order valence-corrected chi connectivity index (χ1v) is 16.2. The molecular formula is C38H44F2N4O4. The van der Waals surface area contributed by atoms with E-state index >= 15 is 0 Å². The zero-order valence-corrected chi connectivity index (χ0v) is 28.0. The molecule has 3 aromatic carbocycles. The summed E-state index contributed by atoms with van der Waals surface area (Å²) in [6.45, 7) is 7.67. The number of carbonyl (C=O) groups excluding carboxylic acids is 2. The van der Waals surface area contributed by atoms with E-state index in [-0.39, 0.29) is 24.4 Å². The number of amides is 1. The van der Waals surface area contributed by atoms with Crippen molar-refractivity contribution in [1.82, 2.24) is 15.2 Å². The molecule has 0 aliphatic carbocycles. The molecule has 0 saturated heterocycles. The summed E-state index contributed by atoms with van der Waals surface area (Å²) in [4.78, 5) is 33.0. The summed E-state index contributed by atoms with van der Waals surface area (Å²) in [5.74, 6) is -1.70. The molecule has 0 aliphatic heterocycles. The molecule has 1 heterocycles. The topological polar surface area (TPSA) is 107 Å². The molecule has 4 rings (SSSR count). The highest BCUT2D eigenvalue weighted by atomic mass is 19.1. The highest BCUT2D eigenvalue weighted by Crippen LogP contribution is 2.22. The number of rotatable bonds is 16. The first-order chi connectivity index (χ1) is 23.1. The number of hydrogen-bond donors (Lipinski definition) is 2. The first-order valence-electron chi connectivity index (χ1n) is 16.2. The van der Waals surface area contributed by atoms with Crippen molar-refractivity contribution in [1.29, 1.82) is 0 Å². The number of methoxy groups -OCH3 is 1. The number of nitrogens with two attached hydrogens (primary N) is 1. The van der Waals surface area contributed by atoms with Gasteiger partial charge in [-0.2, -0.15) is 0 Å². The number of aryl methyl sites for hydroxylation is 1. The Hall–Kier alpha value is -4.67. The van der Waals surface area contributed by atoms with Gasteiger partial charge < -0.3 is 25.4 Å². The lowest BCUT2D eigenvalue weighted by Gasteiger charge is -2.25. The lowest BCUT2D eigenvalue weighted by molar-refractivity contribution is 0.0238. The van der Waals surface area contributed by atoms with Crippen LogP contribution in [-0.2, 0) is 17.7 Å². The summed E-state index contributed by atoms with van der Waals surface area (Å²) in [6, 6.07) is 19.0. The number of nitrogens with one attached hydrogen (secondary N) is 1. The smallest absolute Gasteiger partial charge is 0.338 e. The minimum atomic E-state index is -0.867. The largest absolute Gasteiger partial charge is 0.481 e. The quantitative estimate of drug-likeness (QED) is 0.133. The Morgan fingerprint density at radius 1 is 0.896 bits per heavy atom. The van der Waals surface area contributed by atoms with Crippen LogP contribution < -0.4 is 15.8 Å². The van der Waals surface area contributed by atoms with E-state index in [1.54, 1.807) is 42.5 Å². The zero-order valence-electron chi connectivity index (χ0n) is 28.0. The van der Waals surface area contributed by atoms with Gasteiger partial charge in [0.2, 0.25) is 5.88 Å². The van der Waals surface area contributed by atoms with Gasteiger partial charge in [-0.05, 0) is 90.9 Å². The molecule has 10 heteroatoms. The maximum atomic E-state index is 14.0. The van der Waals surface area contributed by atoms with Crippen LogP contribution >= 0.6 is 0 Å². The highest BCUT2D eigenvalue weighted by molar-refractivity contribution is 5.98. The summed E-state index contributed by atoms with van der Waals surface area (Å²) in [5.41, 5.74) is 11.1. The highest BCUT2D eigenvalue weighted by Gasteiger charge is 2.25. The number of nitrogens with zero attached hydrogens (tertiary/aromatic N) is 2. The van der Waals surface area contributed by atoms with Crippen molar-refractivity contribution in [2.45, 2.75) is 58.7 Å². The van der Waals surface area contributed by atoms with E-state index in [0.717, 1.165) is 41.2 Å². The standard InChI is InChI=1S/C38H44F2N4O4/c1-5-12-44(13-6-2)37(45)30-14-25(3)15-31(20-30)38(46)48-35(34(41)19-27-17-32(39)21-33(40)18-27)24-42-22-26-8-7-9-28(16-26)29-10-11-36(47-4)43-23-29/h7-11,14-18,20-21,23,34-35,42H,5-6,12-13,19,22,24,41H2,1-4H3/t34-,35+/m0/s1. The van der Waals surface area contributed by atoms with Gasteiger partial charge in [0.15, 0.2) is 0 Å². The predicted octanol–water partition coefficient (Wildman–Crippen LogP) is 6.49. The number of pyridine rings is 1. The van der Waals surface area contributed by atoms with Gasteiger partial charge in [-0.3, -0.25) is 4.79 Å². The van der Waals surface area contributed by atoms with Crippen molar-refractivity contribution in [2.24, 2.45) is 5.73 Å². The summed E-state index contributed by atoms with van der Waals surface area (Å²) in [7, 11) is 1.57. The molecule has 1 amide bonds. The second kappa shape index (κ2) is 17.5. The summed E-state index contributed by atoms with van der Waals surface area (Å²) in [6.07, 6.45) is 2.57. The maximum Gasteiger partial charge on any atom is 0.338 e. The zero-order chi connectivity index (χ0) is 34.6. The average molecular weight is 659 g/mol. The molecule has 3 N–H and O–H groups in total. The first kappa shape index (κ1) is 36.2. The molecule has 0 bridgehead atoms. The number of ether oxygens (including phenoxy) is 2. The van der Waals surface area contributed by atoms with Gasteiger partial charge in [0.25, 0.3) is 5.91 Å². The fourth-order valence-corrected chi connectivity index (χ4v) is 5.57. The van der Waals surface area contributed by atoms with Gasteiger partial charge in [0, 0.05) is 61.7 Å². The Bertz CT molecular complexity index is 1660. The van der Waals surface area contributed by atoms with Crippen LogP contribution in [-0.4, -0.2) is 60.7 Å². The molecule has 0 spiro atoms. The summed E-state index contributed by atoms with van der Waals surface area (Å²) < 4.78 is 39.1. The van der Waals surface area contributed by atoms with Crippen LogP contribution in [0.5, 0.6) is 5.88 Å². The van der Waals surface area contributed by atoms with Gasteiger partial charge in [0.05, 0.1) is 12.7 Å². The molecule has 1 aromatic heterocycles. The lowest BCUT2D eigenvalue weighted by Crippen LogP contribution is -2.46. The summed E-state index contributed by atoms with van der Waals surface area (Å²) >= 11 is 0. The fraction of sp³-hybridized carbons (Fsp3) is 0.342. The van der Waals surface area contributed by atoms with E-state index in [0.29, 0.717) is 36.6 Å². The normalized spacial score (nSPS) is 12.3. The van der Waals surface area contributed by atoms with Gasteiger partial charge in [0.1, 0.15) is 17.7 Å². The molecule has 254 valence electrons. The number of halogens is 2. The number of esters is 1. The Labute approximate surface area is 281 Å². The van der Waals surface area contributed by atoms with Crippen LogP contribution in [0.15, 0.2) is 79.0 Å². The number of carbonyl (C=O) groups is 2. The summed E-state index contributed by atoms with van der Waals surface area (Å²) in [5, 5.41) is 3.33. The Morgan fingerprint density at radius 3 is 2.25 bits per heavy atom. The van der Waals surface area contributed by atoms with E-state index in [2.05, 4.69) is 10.3 Å². The van der Waals surface area contributed by atoms with Crippen molar-refractivity contribution >= 4 is 11.9 Å². The van der Waals surface area contributed by atoms with Gasteiger partial charge in [-0.15, -0.1) is 0 Å². The van der Waals surface area contributed by atoms with Crippen LogP contribution in [0, 0.1) is 18.6 Å². The Kier molecular flexibility index (Phi) is 13.2. The molecule has 0 radical (unpaired) electrons. The molecule has 2 atom stereocenters. The van der Waals surface area contributed by atoms with Crippen molar-refractivity contribution in [3.63, 3.8) is 0 Å². The molecule has 4 aromatic rings. The van der Waals surface area contributed by atoms with E-state index in [1.165, 1.54) is 12.1 Å². The maximum absolute atomic E-state index is 14.0. The average Bonchev–Trinajstić information content (AvgIpc) is 3.06. The van der Waals surface area contributed by atoms with Gasteiger partial charge >= 0.3 is 5.97 Å². The molecule has 0 fully saturated rings. The SMILES string of the molecule is CCCN(CCC)C(=O)c1cc(C)cc(C(=O)O[C@H](CNCc2cccc(-c3ccc(OC)nc3)c2)[C@@H](N)Cc2cc(F)cc(F)c2)c1. The van der Waals surface area contributed by atoms with E-state index in [4.69, 9.17) is 15.2 Å². The Morgan fingerprint density at radius 2 is 1.60 bits per heavy atom. The number of benzene rings is 3. The minimum absolute atomic E-state index is 0.0643. The third kappa shape index (κ3) is 10.2. The van der Waals surface area contributed by atoms with Crippen LogP contribution in [0.3, 0.4) is 0 Å². The third-order valence-corrected chi connectivity index (χ3v) is 7.84. The number of aromatic nitrogens is 1. The molecule has 0 aliphatic rings. The second-order valence-corrected chi connectivity index (χ2v) is 11.9. The van der Waals surface area contributed by atoms with Crippen LogP contribution in [0.2, 0.25) is 0 Å². The number of hydrogen-bond acceptors (Lipinski definition) is 7. The molecule has 0 unspecified atom stereocenters. The van der Waals surface area contributed by atoms with Gasteiger partial charge in [-0.1, -0.05) is 32.0 Å². The molecular weight excluding hydrogens is 614 g/mol. The van der Waals surface area contributed by atoms with Crippen molar-refractivity contribution in [3.05, 3.63) is 118 Å². The van der Waals surface area contributed by atoms with Crippen LogP contribution in [0.1, 0.15) is 64.1 Å². The van der Waals surface area contributed by atoms with Crippen molar-refractivity contribution in [3.8, 4) is 17.0 Å². The minimum Gasteiger partial charge on any atom is -0.481 e. The van der Waals surface area contributed by atoms with Gasteiger partial charge in [-0.25, -0.2) is 18.6 Å². The molecule has 8 nitrogen and oxygen atoms in total. The van der Waals surface area contributed by atoms with Crippen molar-refractivity contribution in [2.75, 3.05) is 26.7 Å².